The predicted molar refractivity (Wildman–Crippen MR) is 61.8 cm³/mol. The van der Waals surface area contributed by atoms with Crippen LogP contribution in [0.1, 0.15) is 0 Å². The molecule has 0 aromatic rings. The van der Waals surface area contributed by atoms with Crippen LogP contribution in [0.25, 0.3) is 0 Å². The summed E-state index contributed by atoms with van der Waals surface area (Å²) >= 11 is 0. The first kappa shape index (κ1) is 14.3. The number of ether oxygens (including phenoxy) is 2. The number of hydrogen-bond acceptors (Lipinski definition) is 7. The Morgan fingerprint density at radius 2 is 2.00 bits per heavy atom. The van der Waals surface area contributed by atoms with Gasteiger partial charge in [0.2, 0.25) is 0 Å². The van der Waals surface area contributed by atoms with Crippen molar-refractivity contribution < 1.29 is 23.9 Å². The molecule has 0 spiro atoms. The van der Waals surface area contributed by atoms with Crippen LogP contribution in [-0.2, 0) is 23.9 Å². The summed E-state index contributed by atoms with van der Waals surface area (Å²) < 4.78 is 9.25. The Labute approximate surface area is 105 Å². The lowest BCUT2D eigenvalue weighted by Crippen LogP contribution is -2.55. The van der Waals surface area contributed by atoms with Gasteiger partial charge >= 0.3 is 11.9 Å². The molecule has 7 nitrogen and oxygen atoms in total. The molecule has 2 N–H and O–H groups in total. The first-order valence-corrected chi connectivity index (χ1v) is 5.53. The van der Waals surface area contributed by atoms with Gasteiger partial charge in [-0.25, -0.2) is 9.59 Å². The van der Waals surface area contributed by atoms with Crippen molar-refractivity contribution in [3.8, 4) is 0 Å². The number of carbonyl (C=O) groups is 3. The molecule has 0 radical (unpaired) electrons. The zero-order valence-corrected chi connectivity index (χ0v) is 10.0. The molecule has 1 aliphatic rings. The highest BCUT2D eigenvalue weighted by Gasteiger charge is 2.25. The van der Waals surface area contributed by atoms with Crippen LogP contribution in [0.2, 0.25) is 0 Å². The Kier molecular flexibility index (Phi) is 6.03. The van der Waals surface area contributed by atoms with Gasteiger partial charge in [-0.2, -0.15) is 0 Å². The molecule has 1 fully saturated rings. The molecule has 0 aromatic carbocycles. The Morgan fingerprint density at radius 3 is 2.56 bits per heavy atom. The fourth-order valence-electron chi connectivity index (χ4n) is 1.49. The maximum Gasteiger partial charge on any atom is 0.331 e. The Balaban J connectivity index is 2.46. The van der Waals surface area contributed by atoms with Gasteiger partial charge in [0.05, 0.1) is 13.2 Å². The van der Waals surface area contributed by atoms with Crippen molar-refractivity contribution in [2.24, 2.45) is 0 Å². The van der Waals surface area contributed by atoms with Crippen LogP contribution < -0.4 is 10.6 Å². The van der Waals surface area contributed by atoms with Crippen LogP contribution in [0, 0.1) is 0 Å². The van der Waals surface area contributed by atoms with Gasteiger partial charge < -0.3 is 20.1 Å². The van der Waals surface area contributed by atoms with Crippen LogP contribution >= 0.6 is 0 Å². The van der Waals surface area contributed by atoms with Gasteiger partial charge in [0.25, 0.3) is 0 Å². The van der Waals surface area contributed by atoms with E-state index in [4.69, 9.17) is 4.74 Å². The van der Waals surface area contributed by atoms with Crippen LogP contribution in [0.5, 0.6) is 0 Å². The second kappa shape index (κ2) is 7.57. The van der Waals surface area contributed by atoms with E-state index in [1.165, 1.54) is 7.11 Å². The van der Waals surface area contributed by atoms with Crippen molar-refractivity contribution >= 4 is 18.2 Å². The Hall–Kier alpha value is -1.73. The predicted octanol–water partition coefficient (Wildman–Crippen LogP) is -1.61. The lowest BCUT2D eigenvalue weighted by atomic mass is 10.1. The number of esters is 2. The average Bonchev–Trinajstić information content (AvgIpc) is 2.43. The van der Waals surface area contributed by atoms with Crippen molar-refractivity contribution in [2.75, 3.05) is 26.7 Å². The SMILES string of the molecule is COC(=O)C=CC(=O)OC(C=O)C1CNCCN1. The number of carbonyl (C=O) groups excluding carboxylic acids is 3. The summed E-state index contributed by atoms with van der Waals surface area (Å²) in [4.78, 5) is 33.0. The largest absolute Gasteiger partial charge is 0.466 e. The zero-order valence-electron chi connectivity index (χ0n) is 10.0. The first-order chi connectivity index (χ1) is 8.67. The van der Waals surface area contributed by atoms with Crippen molar-refractivity contribution in [3.63, 3.8) is 0 Å². The van der Waals surface area contributed by atoms with Crippen molar-refractivity contribution in [3.05, 3.63) is 12.2 Å². The average molecular weight is 256 g/mol. The normalized spacial score (nSPS) is 21.3. The van der Waals surface area contributed by atoms with E-state index in [0.717, 1.165) is 18.7 Å². The molecule has 100 valence electrons. The Morgan fingerprint density at radius 1 is 1.28 bits per heavy atom. The number of rotatable bonds is 5. The summed E-state index contributed by atoms with van der Waals surface area (Å²) in [6.07, 6.45) is 1.55. The Bertz CT molecular complexity index is 336. The third-order valence-corrected chi connectivity index (χ3v) is 2.41. The number of methoxy groups -OCH3 is 1. The van der Waals surface area contributed by atoms with E-state index in [0.29, 0.717) is 19.4 Å². The lowest BCUT2D eigenvalue weighted by molar-refractivity contribution is -0.148. The third-order valence-electron chi connectivity index (χ3n) is 2.41. The molecule has 1 saturated heterocycles. The molecule has 1 rings (SSSR count). The summed E-state index contributed by atoms with van der Waals surface area (Å²) in [5, 5.41) is 6.14. The van der Waals surface area contributed by atoms with E-state index >= 15 is 0 Å². The highest BCUT2D eigenvalue weighted by molar-refractivity contribution is 5.92. The lowest BCUT2D eigenvalue weighted by Gasteiger charge is -2.28. The summed E-state index contributed by atoms with van der Waals surface area (Å²) in [6, 6.07) is -0.258. The number of hydrogen-bond donors (Lipinski definition) is 2. The summed E-state index contributed by atoms with van der Waals surface area (Å²) in [5.41, 5.74) is 0. The molecule has 2 unspecified atom stereocenters. The highest BCUT2D eigenvalue weighted by atomic mass is 16.5. The molecule has 7 heteroatoms. The first-order valence-electron chi connectivity index (χ1n) is 5.53. The van der Waals surface area contributed by atoms with Crippen LogP contribution in [-0.4, -0.2) is 57.1 Å². The third kappa shape index (κ3) is 4.64. The summed E-state index contributed by atoms with van der Waals surface area (Å²) in [6.45, 7) is 2.04. The van der Waals surface area contributed by atoms with E-state index in [2.05, 4.69) is 15.4 Å². The smallest absolute Gasteiger partial charge is 0.331 e. The molecule has 0 aliphatic carbocycles. The van der Waals surface area contributed by atoms with Gasteiger partial charge in [0.15, 0.2) is 12.4 Å². The maximum atomic E-state index is 11.4. The number of aldehydes is 1. The maximum absolute atomic E-state index is 11.4. The molecule has 1 heterocycles. The fourth-order valence-corrected chi connectivity index (χ4v) is 1.49. The molecule has 1 aliphatic heterocycles. The van der Waals surface area contributed by atoms with Gasteiger partial charge in [-0.05, 0) is 0 Å². The van der Waals surface area contributed by atoms with E-state index in [9.17, 15) is 14.4 Å². The second-order valence-corrected chi connectivity index (χ2v) is 3.66. The van der Waals surface area contributed by atoms with Crippen molar-refractivity contribution in [2.45, 2.75) is 12.1 Å². The van der Waals surface area contributed by atoms with Crippen LogP contribution in [0.15, 0.2) is 12.2 Å². The van der Waals surface area contributed by atoms with Crippen molar-refractivity contribution in [1.29, 1.82) is 0 Å². The molecular formula is C11H16N2O5. The summed E-state index contributed by atoms with van der Waals surface area (Å²) in [5.74, 6) is -1.42. The monoisotopic (exact) mass is 256 g/mol. The topological polar surface area (TPSA) is 93.7 Å². The minimum absolute atomic E-state index is 0.258. The van der Waals surface area contributed by atoms with Crippen LogP contribution in [0.3, 0.4) is 0 Å². The quantitative estimate of drug-likeness (QED) is 0.347. The van der Waals surface area contributed by atoms with Gasteiger partial charge in [-0.1, -0.05) is 0 Å². The highest BCUT2D eigenvalue weighted by Crippen LogP contribution is 2.00. The van der Waals surface area contributed by atoms with E-state index < -0.39 is 18.0 Å². The minimum Gasteiger partial charge on any atom is -0.466 e. The fraction of sp³-hybridized carbons (Fsp3) is 0.545. The van der Waals surface area contributed by atoms with Gasteiger partial charge in [0, 0.05) is 31.8 Å². The minimum atomic E-state index is -0.882. The molecular weight excluding hydrogens is 240 g/mol. The molecule has 0 aromatic heterocycles. The van der Waals surface area contributed by atoms with Crippen LogP contribution in [0.4, 0.5) is 0 Å². The number of piperazine rings is 1. The number of nitrogens with one attached hydrogen (secondary N) is 2. The van der Waals surface area contributed by atoms with E-state index in [1.807, 2.05) is 0 Å². The molecule has 0 saturated carbocycles. The molecule has 0 bridgehead atoms. The second-order valence-electron chi connectivity index (χ2n) is 3.66. The molecule has 18 heavy (non-hydrogen) atoms. The molecule has 0 amide bonds. The standard InChI is InChI=1S/C11H16N2O5/c1-17-10(15)2-3-11(16)18-9(7-14)8-6-12-4-5-13-8/h2-3,7-9,12-13H,4-6H2,1H3. The van der Waals surface area contributed by atoms with E-state index in [-0.39, 0.29) is 6.04 Å². The van der Waals surface area contributed by atoms with Crippen molar-refractivity contribution in [1.82, 2.24) is 10.6 Å². The molecule has 2 atom stereocenters. The zero-order chi connectivity index (χ0) is 13.4. The summed E-state index contributed by atoms with van der Waals surface area (Å²) in [7, 11) is 1.20. The van der Waals surface area contributed by atoms with Gasteiger partial charge in [-0.15, -0.1) is 0 Å². The van der Waals surface area contributed by atoms with Gasteiger partial charge in [0.1, 0.15) is 0 Å². The van der Waals surface area contributed by atoms with Gasteiger partial charge in [-0.3, -0.25) is 4.79 Å². The van der Waals surface area contributed by atoms with E-state index in [1.54, 1.807) is 0 Å².